The van der Waals surface area contributed by atoms with Crippen molar-refractivity contribution in [1.29, 1.82) is 0 Å². The minimum Gasteiger partial charge on any atom is -0.352 e. The van der Waals surface area contributed by atoms with Crippen molar-refractivity contribution in [3.63, 3.8) is 0 Å². The maximum atomic E-state index is 12.8. The average molecular weight is 342 g/mol. The van der Waals surface area contributed by atoms with Crippen molar-refractivity contribution in [2.75, 3.05) is 12.4 Å². The lowest BCUT2D eigenvalue weighted by atomic mass is 9.92. The summed E-state index contributed by atoms with van der Waals surface area (Å²) in [6.07, 6.45) is 1.19. The molecule has 0 aliphatic heterocycles. The Morgan fingerprint density at radius 2 is 1.62 bits per heavy atom. The maximum absolute atomic E-state index is 12.8. The van der Waals surface area contributed by atoms with E-state index in [4.69, 9.17) is 0 Å². The minimum atomic E-state index is -3.87. The average Bonchev–Trinajstić information content (AvgIpc) is 2.59. The molecule has 24 heavy (non-hydrogen) atoms. The monoisotopic (exact) mass is 342 g/mol. The van der Waals surface area contributed by atoms with Crippen molar-refractivity contribution in [1.82, 2.24) is 4.72 Å². The van der Waals surface area contributed by atoms with Gasteiger partial charge in [0.2, 0.25) is 15.8 Å². The zero-order chi connectivity index (χ0) is 17.3. The van der Waals surface area contributed by atoms with Gasteiger partial charge in [0.05, 0.1) is 16.2 Å². The number of para-hydroxylation sites is 1. The summed E-state index contributed by atoms with van der Waals surface area (Å²) in [5.74, 6) is -0.959. The molecule has 0 radical (unpaired) electrons. The third-order valence-corrected chi connectivity index (χ3v) is 5.11. The van der Waals surface area contributed by atoms with Crippen LogP contribution in [0.5, 0.6) is 0 Å². The van der Waals surface area contributed by atoms with Crippen LogP contribution in [0.4, 0.5) is 5.69 Å². The van der Waals surface area contributed by atoms with Crippen molar-refractivity contribution in [3.05, 3.63) is 71.4 Å². The smallest absolute Gasteiger partial charge is 0.241 e. The lowest BCUT2D eigenvalue weighted by molar-refractivity contribution is 0.0983. The summed E-state index contributed by atoms with van der Waals surface area (Å²) >= 11 is 0. The number of ketones is 2. The molecule has 0 unspecified atom stereocenters. The number of carbonyl (C=O) groups excluding carboxylic acids is 2. The summed E-state index contributed by atoms with van der Waals surface area (Å²) < 4.78 is 26.5. The molecule has 2 N–H and O–H groups in total. The van der Waals surface area contributed by atoms with Crippen LogP contribution >= 0.6 is 0 Å². The van der Waals surface area contributed by atoms with Gasteiger partial charge in [0.1, 0.15) is 0 Å². The second-order valence-corrected chi connectivity index (χ2v) is 6.98. The Labute approximate surface area is 139 Å². The van der Waals surface area contributed by atoms with Gasteiger partial charge >= 0.3 is 0 Å². The summed E-state index contributed by atoms with van der Waals surface area (Å²) in [5.41, 5.74) is 0.632. The molecule has 2 aromatic carbocycles. The van der Waals surface area contributed by atoms with Crippen molar-refractivity contribution >= 4 is 27.3 Å². The molecule has 1 aliphatic carbocycles. The maximum Gasteiger partial charge on any atom is 0.241 e. The van der Waals surface area contributed by atoms with E-state index < -0.39 is 21.6 Å². The Kier molecular flexibility index (Phi) is 4.04. The van der Waals surface area contributed by atoms with Crippen molar-refractivity contribution in [2.24, 2.45) is 0 Å². The molecule has 0 atom stereocenters. The van der Waals surface area contributed by atoms with E-state index >= 15 is 0 Å². The van der Waals surface area contributed by atoms with Crippen molar-refractivity contribution in [2.45, 2.75) is 4.90 Å². The van der Waals surface area contributed by atoms with Gasteiger partial charge in [0, 0.05) is 17.3 Å². The second kappa shape index (κ2) is 6.03. The first-order valence-electron chi connectivity index (χ1n) is 7.13. The Balaban J connectivity index is 2.11. The second-order valence-electron chi connectivity index (χ2n) is 5.13. The van der Waals surface area contributed by atoms with Gasteiger partial charge in [-0.3, -0.25) is 9.59 Å². The van der Waals surface area contributed by atoms with Crippen LogP contribution in [0.3, 0.4) is 0 Å². The third kappa shape index (κ3) is 2.75. The molecule has 0 spiro atoms. The van der Waals surface area contributed by atoms with Gasteiger partial charge in [-0.05, 0) is 25.2 Å². The number of rotatable bonds is 4. The van der Waals surface area contributed by atoms with Crippen molar-refractivity contribution in [3.8, 4) is 0 Å². The molecule has 3 rings (SSSR count). The molecule has 7 heteroatoms. The number of allylic oxidation sites excluding steroid dienone is 2. The minimum absolute atomic E-state index is 0.0393. The van der Waals surface area contributed by atoms with Gasteiger partial charge in [0.25, 0.3) is 0 Å². The van der Waals surface area contributed by atoms with E-state index in [0.717, 1.165) is 0 Å². The zero-order valence-electron chi connectivity index (χ0n) is 12.7. The van der Waals surface area contributed by atoms with Gasteiger partial charge in [-0.1, -0.05) is 30.3 Å². The highest BCUT2D eigenvalue weighted by atomic mass is 32.2. The van der Waals surface area contributed by atoms with Crippen LogP contribution in [-0.4, -0.2) is 27.0 Å². The molecule has 6 nitrogen and oxygen atoms in total. The summed E-state index contributed by atoms with van der Waals surface area (Å²) in [4.78, 5) is 24.9. The molecule has 0 heterocycles. The SMILES string of the molecule is CNS(=O)(=O)c1cccc2c1C(=O)C(Nc1ccccc1)=CC2=O. The number of anilines is 1. The van der Waals surface area contributed by atoms with Crippen LogP contribution in [0.15, 0.2) is 65.2 Å². The molecule has 0 fully saturated rings. The Morgan fingerprint density at radius 3 is 2.29 bits per heavy atom. The first-order chi connectivity index (χ1) is 11.4. The van der Waals surface area contributed by atoms with Gasteiger partial charge in [0.15, 0.2) is 5.78 Å². The van der Waals surface area contributed by atoms with Crippen LogP contribution in [-0.2, 0) is 10.0 Å². The van der Waals surface area contributed by atoms with E-state index in [1.165, 1.54) is 31.3 Å². The highest BCUT2D eigenvalue weighted by Crippen LogP contribution is 2.28. The highest BCUT2D eigenvalue weighted by Gasteiger charge is 2.32. The summed E-state index contributed by atoms with van der Waals surface area (Å²) in [7, 11) is -2.62. The Morgan fingerprint density at radius 1 is 0.917 bits per heavy atom. The fourth-order valence-electron chi connectivity index (χ4n) is 2.48. The zero-order valence-corrected chi connectivity index (χ0v) is 13.6. The molecule has 0 bridgehead atoms. The predicted molar refractivity (Wildman–Crippen MR) is 89.5 cm³/mol. The van der Waals surface area contributed by atoms with Crippen LogP contribution in [0, 0.1) is 0 Å². The molecule has 0 saturated carbocycles. The van der Waals surface area contributed by atoms with E-state index in [-0.39, 0.29) is 21.7 Å². The van der Waals surface area contributed by atoms with E-state index in [9.17, 15) is 18.0 Å². The summed E-state index contributed by atoms with van der Waals surface area (Å²) in [6, 6.07) is 13.1. The van der Waals surface area contributed by atoms with E-state index in [1.807, 2.05) is 6.07 Å². The largest absolute Gasteiger partial charge is 0.352 e. The molecule has 0 amide bonds. The first-order valence-corrected chi connectivity index (χ1v) is 8.62. The number of benzene rings is 2. The van der Waals surface area contributed by atoms with Crippen LogP contribution < -0.4 is 10.0 Å². The molecule has 0 saturated heterocycles. The van der Waals surface area contributed by atoms with E-state index in [2.05, 4.69) is 10.0 Å². The summed E-state index contributed by atoms with van der Waals surface area (Å²) in [5, 5.41) is 2.87. The van der Waals surface area contributed by atoms with Gasteiger partial charge < -0.3 is 5.32 Å². The molecule has 1 aliphatic rings. The van der Waals surface area contributed by atoms with Gasteiger partial charge in [-0.2, -0.15) is 0 Å². The molecule has 0 aromatic heterocycles. The number of sulfonamides is 1. The van der Waals surface area contributed by atoms with E-state index in [1.54, 1.807) is 24.3 Å². The first kappa shape index (κ1) is 16.1. The Hall–Kier alpha value is -2.77. The lowest BCUT2D eigenvalue weighted by Crippen LogP contribution is -2.27. The molecule has 2 aromatic rings. The standard InChI is InChI=1S/C17H14N2O4S/c1-18-24(22,23)15-9-5-8-12-14(20)10-13(17(21)16(12)15)19-11-6-3-2-4-7-11/h2-10,18-19H,1H3. The fourth-order valence-corrected chi connectivity index (χ4v) is 3.43. The quantitative estimate of drug-likeness (QED) is 0.886. The Bertz CT molecular complexity index is 963. The molecule has 122 valence electrons. The number of hydrogen-bond donors (Lipinski definition) is 2. The normalized spacial score (nSPS) is 14.1. The number of fused-ring (bicyclic) bond motifs is 1. The van der Waals surface area contributed by atoms with Crippen molar-refractivity contribution < 1.29 is 18.0 Å². The third-order valence-electron chi connectivity index (χ3n) is 3.65. The van der Waals surface area contributed by atoms with Gasteiger partial charge in [-0.25, -0.2) is 13.1 Å². The predicted octanol–water partition coefficient (Wildman–Crippen LogP) is 1.97. The van der Waals surface area contributed by atoms with E-state index in [0.29, 0.717) is 5.69 Å². The van der Waals surface area contributed by atoms with Crippen LogP contribution in [0.1, 0.15) is 20.7 Å². The number of hydrogen-bond acceptors (Lipinski definition) is 5. The number of nitrogens with one attached hydrogen (secondary N) is 2. The number of carbonyl (C=O) groups is 2. The lowest BCUT2D eigenvalue weighted by Gasteiger charge is -2.19. The van der Waals surface area contributed by atoms with Crippen LogP contribution in [0.2, 0.25) is 0 Å². The fraction of sp³-hybridized carbons (Fsp3) is 0.0588. The molecular weight excluding hydrogens is 328 g/mol. The number of Topliss-reactive ketones (excluding diaryl/α,β-unsaturated/α-hetero) is 1. The van der Waals surface area contributed by atoms with Gasteiger partial charge in [-0.15, -0.1) is 0 Å². The topological polar surface area (TPSA) is 92.3 Å². The highest BCUT2D eigenvalue weighted by molar-refractivity contribution is 7.89. The van der Waals surface area contributed by atoms with Crippen LogP contribution in [0.25, 0.3) is 0 Å². The molecular formula is C17H14N2O4S. The summed E-state index contributed by atoms with van der Waals surface area (Å²) in [6.45, 7) is 0.